The molecule has 1 rings (SSSR count). The van der Waals surface area contributed by atoms with Crippen LogP contribution in [0.15, 0.2) is 0 Å². The van der Waals surface area contributed by atoms with Gasteiger partial charge >= 0.3 is 0 Å². The summed E-state index contributed by atoms with van der Waals surface area (Å²) in [5.41, 5.74) is 0. The molecule has 1 N–H and O–H groups in total. The number of carbonyl (C=O) groups is 1. The minimum absolute atomic E-state index is 0.192. The number of nitrogens with zero attached hydrogens (tertiary/aromatic N) is 2. The number of hydrogen-bond acceptors (Lipinski definition) is 3. The van der Waals surface area contributed by atoms with E-state index in [1.54, 1.807) is 6.92 Å². The number of hydrogen-bond donors (Lipinski definition) is 1. The molecule has 4 heteroatoms. The molecule has 20 heavy (non-hydrogen) atoms. The first kappa shape index (κ1) is 19.4. The van der Waals surface area contributed by atoms with Crippen LogP contribution in [0.5, 0.6) is 0 Å². The van der Waals surface area contributed by atoms with E-state index in [9.17, 15) is 4.79 Å². The van der Waals surface area contributed by atoms with E-state index in [1.807, 2.05) is 18.7 Å². The maximum atomic E-state index is 11.5. The van der Waals surface area contributed by atoms with Crippen LogP contribution in [0.25, 0.3) is 0 Å². The van der Waals surface area contributed by atoms with Gasteiger partial charge in [0.05, 0.1) is 0 Å². The summed E-state index contributed by atoms with van der Waals surface area (Å²) in [6.07, 6.45) is 4.43. The zero-order valence-corrected chi connectivity index (χ0v) is 14.1. The third-order valence-corrected chi connectivity index (χ3v) is 3.74. The molecule has 1 heterocycles. The first-order chi connectivity index (χ1) is 9.56. The molecule has 0 spiro atoms. The zero-order chi connectivity index (χ0) is 15.5. The van der Waals surface area contributed by atoms with Crippen molar-refractivity contribution in [1.29, 1.82) is 0 Å². The molecule has 1 aliphatic heterocycles. The lowest BCUT2D eigenvalue weighted by atomic mass is 10.1. The summed E-state index contributed by atoms with van der Waals surface area (Å²) >= 11 is 0. The van der Waals surface area contributed by atoms with E-state index in [4.69, 9.17) is 5.11 Å². The Morgan fingerprint density at radius 2 is 1.55 bits per heavy atom. The highest BCUT2D eigenvalue weighted by Gasteiger charge is 2.30. The van der Waals surface area contributed by atoms with Gasteiger partial charge < -0.3 is 10.0 Å². The predicted molar refractivity (Wildman–Crippen MR) is 84.8 cm³/mol. The third kappa shape index (κ3) is 6.71. The average molecular weight is 286 g/mol. The van der Waals surface area contributed by atoms with Gasteiger partial charge in [-0.25, -0.2) is 0 Å². The Labute approximate surface area is 125 Å². The lowest BCUT2D eigenvalue weighted by Crippen LogP contribution is -2.58. The van der Waals surface area contributed by atoms with Crippen molar-refractivity contribution in [3.05, 3.63) is 0 Å². The summed E-state index contributed by atoms with van der Waals surface area (Å²) < 4.78 is 0. The topological polar surface area (TPSA) is 43.8 Å². The van der Waals surface area contributed by atoms with Crippen molar-refractivity contribution in [3.63, 3.8) is 0 Å². The second-order valence-electron chi connectivity index (χ2n) is 5.52. The number of amides is 1. The highest BCUT2D eigenvalue weighted by atomic mass is 16.2. The van der Waals surface area contributed by atoms with Crippen LogP contribution in [0.3, 0.4) is 0 Å². The second kappa shape index (κ2) is 11.1. The van der Waals surface area contributed by atoms with Crippen LogP contribution in [0, 0.1) is 0 Å². The quantitative estimate of drug-likeness (QED) is 0.763. The largest absolute Gasteiger partial charge is 0.396 e. The van der Waals surface area contributed by atoms with E-state index >= 15 is 0 Å². The van der Waals surface area contributed by atoms with Gasteiger partial charge in [-0.05, 0) is 33.2 Å². The molecular weight excluding hydrogens is 252 g/mol. The molecular formula is C16H34N2O2. The highest BCUT2D eigenvalue weighted by molar-refractivity contribution is 5.74. The lowest BCUT2D eigenvalue weighted by molar-refractivity contribution is -0.136. The molecule has 0 bridgehead atoms. The van der Waals surface area contributed by atoms with Gasteiger partial charge in [-0.2, -0.15) is 0 Å². The van der Waals surface area contributed by atoms with E-state index in [2.05, 4.69) is 18.7 Å². The molecule has 0 aromatic heterocycles. The number of carbonyl (C=O) groups excluding carboxylic acids is 1. The Bertz CT molecular complexity index is 247. The first-order valence-electron chi connectivity index (χ1n) is 8.18. The molecule has 1 saturated heterocycles. The molecule has 0 saturated carbocycles. The molecule has 2 atom stereocenters. The maximum Gasteiger partial charge on any atom is 0.220 e. The molecule has 1 amide bonds. The summed E-state index contributed by atoms with van der Waals surface area (Å²) in [6.45, 7) is 13.3. The molecule has 0 aromatic carbocycles. The van der Waals surface area contributed by atoms with Crippen molar-refractivity contribution >= 4 is 5.91 Å². The number of piperazine rings is 1. The van der Waals surface area contributed by atoms with Gasteiger partial charge in [0, 0.05) is 38.7 Å². The Morgan fingerprint density at radius 1 is 1.05 bits per heavy atom. The highest BCUT2D eigenvalue weighted by Crippen LogP contribution is 2.16. The summed E-state index contributed by atoms with van der Waals surface area (Å²) in [4.78, 5) is 16.0. The van der Waals surface area contributed by atoms with Crippen molar-refractivity contribution < 1.29 is 9.90 Å². The fourth-order valence-electron chi connectivity index (χ4n) is 3.04. The van der Waals surface area contributed by atoms with Gasteiger partial charge in [0.1, 0.15) is 0 Å². The molecule has 0 radical (unpaired) electrons. The summed E-state index contributed by atoms with van der Waals surface area (Å²) in [7, 11) is 0. The van der Waals surface area contributed by atoms with Gasteiger partial charge in [-0.3, -0.25) is 9.69 Å². The van der Waals surface area contributed by atoms with Gasteiger partial charge in [-0.15, -0.1) is 0 Å². The van der Waals surface area contributed by atoms with Gasteiger partial charge in [0.25, 0.3) is 0 Å². The Morgan fingerprint density at radius 3 is 2.00 bits per heavy atom. The minimum Gasteiger partial charge on any atom is -0.396 e. The Balaban J connectivity index is 0.00000172. The fourth-order valence-corrected chi connectivity index (χ4v) is 3.04. The van der Waals surface area contributed by atoms with Crippen LogP contribution >= 0.6 is 0 Å². The number of aliphatic hydroxyl groups excluding tert-OH is 1. The van der Waals surface area contributed by atoms with Crippen LogP contribution in [0.4, 0.5) is 0 Å². The monoisotopic (exact) mass is 286 g/mol. The van der Waals surface area contributed by atoms with Crippen LogP contribution in [-0.2, 0) is 4.79 Å². The smallest absolute Gasteiger partial charge is 0.220 e. The van der Waals surface area contributed by atoms with Crippen molar-refractivity contribution in [2.24, 2.45) is 0 Å². The Hall–Kier alpha value is -0.610. The number of aliphatic hydroxyl groups is 1. The SMILES string of the molecule is CC.CC(=O)N1C(C)CN(CCCCCCO)CC1C. The second-order valence-corrected chi connectivity index (χ2v) is 5.52. The van der Waals surface area contributed by atoms with Crippen molar-refractivity contribution in [1.82, 2.24) is 9.80 Å². The van der Waals surface area contributed by atoms with E-state index in [0.29, 0.717) is 18.7 Å². The molecule has 120 valence electrons. The van der Waals surface area contributed by atoms with E-state index in [0.717, 1.165) is 32.5 Å². The summed E-state index contributed by atoms with van der Waals surface area (Å²) in [6, 6.07) is 0.646. The van der Waals surface area contributed by atoms with E-state index in [1.165, 1.54) is 12.8 Å². The fraction of sp³-hybridized carbons (Fsp3) is 0.938. The van der Waals surface area contributed by atoms with Crippen molar-refractivity contribution in [2.75, 3.05) is 26.2 Å². The van der Waals surface area contributed by atoms with Gasteiger partial charge in [-0.1, -0.05) is 26.7 Å². The van der Waals surface area contributed by atoms with Crippen LogP contribution in [-0.4, -0.2) is 59.1 Å². The molecule has 1 aliphatic rings. The summed E-state index contributed by atoms with van der Waals surface area (Å²) in [5.74, 6) is 0.192. The van der Waals surface area contributed by atoms with Crippen LogP contribution in [0.1, 0.15) is 60.3 Å². The predicted octanol–water partition coefficient (Wildman–Crippen LogP) is 2.51. The zero-order valence-electron chi connectivity index (χ0n) is 14.1. The van der Waals surface area contributed by atoms with E-state index < -0.39 is 0 Å². The number of rotatable bonds is 6. The molecule has 1 fully saturated rings. The van der Waals surface area contributed by atoms with Crippen LogP contribution < -0.4 is 0 Å². The molecule has 2 unspecified atom stereocenters. The van der Waals surface area contributed by atoms with Crippen molar-refractivity contribution in [3.8, 4) is 0 Å². The first-order valence-corrected chi connectivity index (χ1v) is 8.18. The van der Waals surface area contributed by atoms with Crippen molar-refractivity contribution in [2.45, 2.75) is 72.4 Å². The minimum atomic E-state index is 0.192. The third-order valence-electron chi connectivity index (χ3n) is 3.74. The standard InChI is InChI=1S/C14H28N2O2.C2H6/c1-12-10-15(8-6-4-5-7-9-17)11-13(2)16(12)14(3)18;1-2/h12-13,17H,4-11H2,1-3H3;1-2H3. The molecule has 4 nitrogen and oxygen atoms in total. The summed E-state index contributed by atoms with van der Waals surface area (Å²) in [5, 5.41) is 8.72. The average Bonchev–Trinajstić information content (AvgIpc) is 2.39. The van der Waals surface area contributed by atoms with Crippen LogP contribution in [0.2, 0.25) is 0 Å². The Kier molecular flexibility index (Phi) is 10.8. The number of unbranched alkanes of at least 4 members (excludes halogenated alkanes) is 3. The molecule has 0 aliphatic carbocycles. The maximum absolute atomic E-state index is 11.5. The lowest BCUT2D eigenvalue weighted by Gasteiger charge is -2.44. The van der Waals surface area contributed by atoms with Gasteiger partial charge in [0.15, 0.2) is 0 Å². The van der Waals surface area contributed by atoms with Gasteiger partial charge in [0.2, 0.25) is 5.91 Å². The normalized spacial score (nSPS) is 23.2. The molecule has 0 aromatic rings. The van der Waals surface area contributed by atoms with E-state index in [-0.39, 0.29) is 5.91 Å².